The first-order valence-corrected chi connectivity index (χ1v) is 18.8. The van der Waals surface area contributed by atoms with Crippen molar-refractivity contribution in [3.05, 3.63) is 134 Å². The number of rotatable bonds is 24. The summed E-state index contributed by atoms with van der Waals surface area (Å²) in [4.78, 5) is 10.3. The monoisotopic (exact) mass is 693 g/mol. The highest BCUT2D eigenvalue weighted by Crippen LogP contribution is 2.24. The van der Waals surface area contributed by atoms with Crippen LogP contribution in [0.4, 0.5) is 0 Å². The molecule has 7 heteroatoms. The van der Waals surface area contributed by atoms with Crippen LogP contribution in [-0.2, 0) is 19.3 Å². The zero-order chi connectivity index (χ0) is 36.4. The van der Waals surface area contributed by atoms with Crippen LogP contribution in [0, 0.1) is 0 Å². The molecule has 1 fully saturated rings. The molecule has 1 heterocycles. The molecule has 4 unspecified atom stereocenters. The van der Waals surface area contributed by atoms with Gasteiger partial charge < -0.3 is 20.4 Å². The molecule has 1 aliphatic rings. The van der Waals surface area contributed by atoms with Crippen LogP contribution in [-0.4, -0.2) is 120 Å². The maximum Gasteiger partial charge on any atom is 0.115 e. The summed E-state index contributed by atoms with van der Waals surface area (Å²) in [5.74, 6) is 0.579. The van der Waals surface area contributed by atoms with Crippen LogP contribution >= 0.6 is 0 Å². The molecule has 276 valence electrons. The minimum Gasteiger partial charge on any atom is -0.508 e. The van der Waals surface area contributed by atoms with E-state index in [1.54, 1.807) is 24.3 Å². The predicted octanol–water partition coefficient (Wildman–Crippen LogP) is 6.40. The Morgan fingerprint density at radius 1 is 0.725 bits per heavy atom. The Morgan fingerprint density at radius 3 is 1.82 bits per heavy atom. The Morgan fingerprint density at radius 2 is 1.25 bits per heavy atom. The van der Waals surface area contributed by atoms with Gasteiger partial charge in [-0.3, -0.25) is 14.7 Å². The lowest BCUT2D eigenvalue weighted by molar-refractivity contribution is 0.0835. The molecule has 1 saturated heterocycles. The summed E-state index contributed by atoms with van der Waals surface area (Å²) in [6, 6.07) is 27.6. The molecule has 51 heavy (non-hydrogen) atoms. The van der Waals surface area contributed by atoms with Crippen LogP contribution in [0.1, 0.15) is 36.0 Å². The summed E-state index contributed by atoms with van der Waals surface area (Å²) in [6.45, 7) is 19.6. The molecule has 7 nitrogen and oxygen atoms in total. The number of hydrogen-bond donors (Lipinski definition) is 3. The number of likely N-dealkylation sites (N-methyl/N-ethyl adjacent to an activating group) is 1. The molecular formula is C44H63N5O2. The Labute approximate surface area is 308 Å². The highest BCUT2D eigenvalue weighted by atomic mass is 16.3. The molecule has 0 bridgehead atoms. The summed E-state index contributed by atoms with van der Waals surface area (Å²) < 4.78 is 0. The zero-order valence-corrected chi connectivity index (χ0v) is 31.3. The third-order valence-electron chi connectivity index (χ3n) is 10.4. The summed E-state index contributed by atoms with van der Waals surface area (Å²) in [6.07, 6.45) is 12.4. The van der Waals surface area contributed by atoms with E-state index in [1.807, 2.05) is 24.3 Å². The molecule has 3 N–H and O–H groups in total. The molecule has 4 rings (SSSR count). The van der Waals surface area contributed by atoms with Gasteiger partial charge in [0.25, 0.3) is 0 Å². The van der Waals surface area contributed by atoms with Crippen LogP contribution in [0.2, 0.25) is 0 Å². The van der Waals surface area contributed by atoms with Crippen molar-refractivity contribution in [2.24, 2.45) is 0 Å². The number of phenols is 2. The van der Waals surface area contributed by atoms with E-state index in [0.29, 0.717) is 17.8 Å². The minimum absolute atomic E-state index is 0.186. The lowest BCUT2D eigenvalue weighted by atomic mass is 9.98. The number of likely N-dealkylation sites (tertiary alicyclic amines) is 1. The van der Waals surface area contributed by atoms with Gasteiger partial charge in [0.2, 0.25) is 0 Å². The van der Waals surface area contributed by atoms with Crippen LogP contribution in [0.3, 0.4) is 0 Å². The Hall–Kier alpha value is -3.72. The molecule has 0 aromatic heterocycles. The summed E-state index contributed by atoms with van der Waals surface area (Å²) in [7, 11) is 4.32. The lowest BCUT2D eigenvalue weighted by Gasteiger charge is -2.42. The van der Waals surface area contributed by atoms with Gasteiger partial charge in [-0.15, -0.1) is 19.7 Å². The van der Waals surface area contributed by atoms with E-state index in [4.69, 9.17) is 0 Å². The van der Waals surface area contributed by atoms with E-state index < -0.39 is 0 Å². The van der Waals surface area contributed by atoms with Gasteiger partial charge in [0.15, 0.2) is 0 Å². The average Bonchev–Trinajstić information content (AvgIpc) is 3.57. The second-order valence-corrected chi connectivity index (χ2v) is 14.4. The number of phenolic OH excluding ortho intramolecular Hbond substituents is 2. The molecule has 0 spiro atoms. The fourth-order valence-electron chi connectivity index (χ4n) is 7.55. The molecule has 3 aromatic rings. The smallest absolute Gasteiger partial charge is 0.115 e. The normalized spacial score (nSPS) is 16.8. The Balaban J connectivity index is 1.65. The number of nitrogens with zero attached hydrogens (tertiary/aromatic N) is 4. The van der Waals surface area contributed by atoms with Gasteiger partial charge in [0.05, 0.1) is 0 Å². The van der Waals surface area contributed by atoms with Crippen molar-refractivity contribution in [1.82, 2.24) is 24.9 Å². The molecule has 4 atom stereocenters. The summed E-state index contributed by atoms with van der Waals surface area (Å²) in [5, 5.41) is 23.5. The van der Waals surface area contributed by atoms with Gasteiger partial charge in [-0.2, -0.15) is 0 Å². The average molecular weight is 694 g/mol. The third kappa shape index (κ3) is 13.4. The number of benzene rings is 3. The van der Waals surface area contributed by atoms with Gasteiger partial charge in [0.1, 0.15) is 11.5 Å². The molecule has 1 aliphatic heterocycles. The molecule has 0 aliphatic carbocycles. The maximum absolute atomic E-state index is 10.1. The van der Waals surface area contributed by atoms with E-state index in [9.17, 15) is 10.2 Å². The second kappa shape index (κ2) is 21.6. The highest BCUT2D eigenvalue weighted by Gasteiger charge is 2.32. The van der Waals surface area contributed by atoms with Crippen molar-refractivity contribution in [3.63, 3.8) is 0 Å². The van der Waals surface area contributed by atoms with Gasteiger partial charge >= 0.3 is 0 Å². The van der Waals surface area contributed by atoms with Crippen molar-refractivity contribution in [3.8, 4) is 11.5 Å². The van der Waals surface area contributed by atoms with Crippen LogP contribution in [0.25, 0.3) is 0 Å². The van der Waals surface area contributed by atoms with E-state index >= 15 is 0 Å². The maximum atomic E-state index is 10.1. The van der Waals surface area contributed by atoms with Gasteiger partial charge in [-0.05, 0) is 107 Å². The SMILES string of the molecule is C=CCNCCC1CCCN1CC(Cc1ccccc1)N(CC=C)CC(Cc1ccc(O)cc1)N(CC=C)CC(Cc1ccc(O)cc1)N(C)C. The van der Waals surface area contributed by atoms with E-state index in [2.05, 4.69) is 107 Å². The Kier molecular flexibility index (Phi) is 17.0. The highest BCUT2D eigenvalue weighted by molar-refractivity contribution is 5.28. The van der Waals surface area contributed by atoms with Gasteiger partial charge in [0, 0.05) is 63.4 Å². The first kappa shape index (κ1) is 40.1. The summed E-state index contributed by atoms with van der Waals surface area (Å²) in [5.41, 5.74) is 3.77. The van der Waals surface area contributed by atoms with Crippen molar-refractivity contribution in [1.29, 1.82) is 0 Å². The van der Waals surface area contributed by atoms with Crippen LogP contribution in [0.15, 0.2) is 117 Å². The van der Waals surface area contributed by atoms with E-state index in [1.165, 1.54) is 29.5 Å². The first-order valence-electron chi connectivity index (χ1n) is 18.8. The third-order valence-corrected chi connectivity index (χ3v) is 10.4. The zero-order valence-electron chi connectivity index (χ0n) is 31.3. The minimum atomic E-state index is 0.186. The van der Waals surface area contributed by atoms with Crippen molar-refractivity contribution in [2.45, 2.75) is 62.7 Å². The second-order valence-electron chi connectivity index (χ2n) is 14.4. The number of hydrogen-bond acceptors (Lipinski definition) is 7. The van der Waals surface area contributed by atoms with Gasteiger partial charge in [-0.25, -0.2) is 0 Å². The topological polar surface area (TPSA) is 65.4 Å². The molecule has 0 radical (unpaired) electrons. The molecule has 0 saturated carbocycles. The lowest BCUT2D eigenvalue weighted by Crippen LogP contribution is -2.54. The number of nitrogens with one attached hydrogen (secondary N) is 1. The first-order chi connectivity index (χ1) is 24.8. The van der Waals surface area contributed by atoms with Crippen molar-refractivity contribution in [2.75, 3.05) is 66.5 Å². The van der Waals surface area contributed by atoms with Crippen molar-refractivity contribution < 1.29 is 10.2 Å². The number of aromatic hydroxyl groups is 2. The standard InChI is InChI=1S/C44H63N5O2/c1-6-25-45-26-24-39-15-12-29-49(39)35-41(31-36-13-10-9-11-14-36)48(28-8-3)34-42(32-38-18-22-44(51)23-19-38)47(27-7-2)33-40(46(4)5)30-37-16-20-43(50)21-17-37/h6-11,13-14,16-23,39-42,45,50-51H,1-3,12,15,24-35H2,4-5H3. The fourth-order valence-corrected chi connectivity index (χ4v) is 7.55. The Bertz CT molecular complexity index is 1430. The van der Waals surface area contributed by atoms with Gasteiger partial charge in [-0.1, -0.05) is 72.8 Å². The molecule has 3 aromatic carbocycles. The van der Waals surface area contributed by atoms with E-state index in [0.717, 1.165) is 78.0 Å². The van der Waals surface area contributed by atoms with Crippen LogP contribution < -0.4 is 5.32 Å². The predicted molar refractivity (Wildman–Crippen MR) is 215 cm³/mol. The fraction of sp³-hybridized carbons (Fsp3) is 0.455. The molecule has 0 amide bonds. The summed E-state index contributed by atoms with van der Waals surface area (Å²) >= 11 is 0. The van der Waals surface area contributed by atoms with Crippen LogP contribution in [0.5, 0.6) is 11.5 Å². The molecular weight excluding hydrogens is 631 g/mol. The largest absolute Gasteiger partial charge is 0.508 e. The van der Waals surface area contributed by atoms with Crippen molar-refractivity contribution >= 4 is 0 Å². The quantitative estimate of drug-likeness (QED) is 0.0742. The van der Waals surface area contributed by atoms with E-state index in [-0.39, 0.29) is 17.8 Å².